The normalized spacial score (nSPS) is 16.8. The molecule has 0 saturated heterocycles. The Hall–Kier alpha value is -1.57. The molecule has 7 heteroatoms. The van der Waals surface area contributed by atoms with Gasteiger partial charge in [0.25, 0.3) is 0 Å². The minimum absolute atomic E-state index is 0.262. The SMILES string of the molecule is CCN1CNS(=O)(=O)c2cc(Oc3ccsc3)ccc21. The lowest BCUT2D eigenvalue weighted by Gasteiger charge is -2.30. The zero-order valence-electron chi connectivity index (χ0n) is 10.9. The lowest BCUT2D eigenvalue weighted by molar-refractivity contribution is 0.482. The smallest absolute Gasteiger partial charge is 0.244 e. The molecule has 1 aliphatic rings. The lowest BCUT2D eigenvalue weighted by Crippen LogP contribution is -2.42. The molecular formula is C13H14N2O3S2. The van der Waals surface area contributed by atoms with Crippen molar-refractivity contribution in [1.29, 1.82) is 0 Å². The lowest BCUT2D eigenvalue weighted by atomic mass is 10.2. The third-order valence-electron chi connectivity index (χ3n) is 3.12. The van der Waals surface area contributed by atoms with Gasteiger partial charge in [-0.1, -0.05) is 0 Å². The molecule has 1 aromatic carbocycles. The second kappa shape index (κ2) is 5.08. The van der Waals surface area contributed by atoms with Crippen molar-refractivity contribution in [2.75, 3.05) is 18.1 Å². The van der Waals surface area contributed by atoms with Gasteiger partial charge in [-0.3, -0.25) is 0 Å². The van der Waals surface area contributed by atoms with Crippen LogP contribution >= 0.6 is 11.3 Å². The number of ether oxygens (including phenoxy) is 1. The van der Waals surface area contributed by atoms with Crippen molar-refractivity contribution in [3.8, 4) is 11.5 Å². The van der Waals surface area contributed by atoms with Crippen molar-refractivity contribution in [2.24, 2.45) is 0 Å². The average molecular weight is 310 g/mol. The monoisotopic (exact) mass is 310 g/mol. The highest BCUT2D eigenvalue weighted by Crippen LogP contribution is 2.33. The molecule has 106 valence electrons. The number of sulfonamides is 1. The molecule has 0 aliphatic carbocycles. The van der Waals surface area contributed by atoms with Crippen molar-refractivity contribution in [1.82, 2.24) is 4.72 Å². The number of hydrogen-bond acceptors (Lipinski definition) is 5. The van der Waals surface area contributed by atoms with Gasteiger partial charge in [-0.2, -0.15) is 4.72 Å². The molecule has 2 heterocycles. The van der Waals surface area contributed by atoms with Crippen LogP contribution in [-0.4, -0.2) is 21.6 Å². The van der Waals surface area contributed by atoms with Crippen LogP contribution in [0.15, 0.2) is 39.9 Å². The first-order chi connectivity index (χ1) is 9.60. The highest BCUT2D eigenvalue weighted by Gasteiger charge is 2.27. The van der Waals surface area contributed by atoms with E-state index in [1.54, 1.807) is 18.2 Å². The number of nitrogens with one attached hydrogen (secondary N) is 1. The molecule has 2 aromatic rings. The summed E-state index contributed by atoms with van der Waals surface area (Å²) in [6.07, 6.45) is 0. The summed E-state index contributed by atoms with van der Waals surface area (Å²) in [5, 5.41) is 3.77. The molecular weight excluding hydrogens is 296 g/mol. The summed E-state index contributed by atoms with van der Waals surface area (Å²) in [4.78, 5) is 2.23. The molecule has 0 radical (unpaired) electrons. The Labute approximate surface area is 121 Å². The summed E-state index contributed by atoms with van der Waals surface area (Å²) in [6, 6.07) is 6.99. The number of hydrogen-bond donors (Lipinski definition) is 1. The van der Waals surface area contributed by atoms with Gasteiger partial charge < -0.3 is 9.64 Å². The minimum atomic E-state index is -3.46. The fourth-order valence-corrected chi connectivity index (χ4v) is 3.87. The van der Waals surface area contributed by atoms with Crippen LogP contribution in [0.25, 0.3) is 0 Å². The number of rotatable bonds is 3. The fourth-order valence-electron chi connectivity index (χ4n) is 2.09. The highest BCUT2D eigenvalue weighted by molar-refractivity contribution is 7.89. The van der Waals surface area contributed by atoms with Crippen molar-refractivity contribution < 1.29 is 13.2 Å². The first-order valence-corrected chi connectivity index (χ1v) is 8.61. The molecule has 0 spiro atoms. The Morgan fingerprint density at radius 1 is 1.35 bits per heavy atom. The Kier molecular flexibility index (Phi) is 3.41. The Bertz CT molecular complexity index is 711. The largest absolute Gasteiger partial charge is 0.456 e. The van der Waals surface area contributed by atoms with Crippen LogP contribution in [0.4, 0.5) is 5.69 Å². The summed E-state index contributed by atoms with van der Waals surface area (Å²) >= 11 is 1.53. The highest BCUT2D eigenvalue weighted by atomic mass is 32.2. The molecule has 1 aromatic heterocycles. The summed E-state index contributed by atoms with van der Waals surface area (Å²) < 4.78 is 32.4. The molecule has 3 rings (SSSR count). The summed E-state index contributed by atoms with van der Waals surface area (Å²) in [7, 11) is -3.46. The van der Waals surface area contributed by atoms with Crippen LogP contribution in [-0.2, 0) is 10.0 Å². The van der Waals surface area contributed by atoms with Gasteiger partial charge in [-0.15, -0.1) is 11.3 Å². The molecule has 1 aliphatic heterocycles. The Morgan fingerprint density at radius 2 is 2.20 bits per heavy atom. The van der Waals surface area contributed by atoms with Crippen LogP contribution in [0, 0.1) is 0 Å². The molecule has 0 fully saturated rings. The molecule has 0 bridgehead atoms. The molecule has 0 unspecified atom stereocenters. The standard InChI is InChI=1S/C13H14N2O3S2/c1-2-15-9-14-20(16,17)13-7-10(3-4-12(13)15)18-11-5-6-19-8-11/h3-8,14H,2,9H2,1H3. The van der Waals surface area contributed by atoms with E-state index in [0.717, 1.165) is 6.54 Å². The fraction of sp³-hybridized carbons (Fsp3) is 0.231. The third kappa shape index (κ3) is 2.39. The van der Waals surface area contributed by atoms with Crippen LogP contribution in [0.1, 0.15) is 6.92 Å². The third-order valence-corrected chi connectivity index (χ3v) is 5.20. The van der Waals surface area contributed by atoms with Crippen LogP contribution in [0.2, 0.25) is 0 Å². The van der Waals surface area contributed by atoms with Crippen LogP contribution in [0.5, 0.6) is 11.5 Å². The molecule has 5 nitrogen and oxygen atoms in total. The number of anilines is 1. The van der Waals surface area contributed by atoms with E-state index in [1.807, 2.05) is 28.7 Å². The van der Waals surface area contributed by atoms with Gasteiger partial charge in [0.05, 0.1) is 12.4 Å². The predicted molar refractivity (Wildman–Crippen MR) is 79.0 cm³/mol. The maximum Gasteiger partial charge on any atom is 0.244 e. The van der Waals surface area contributed by atoms with E-state index >= 15 is 0 Å². The van der Waals surface area contributed by atoms with Crippen LogP contribution < -0.4 is 14.4 Å². The van der Waals surface area contributed by atoms with Crippen molar-refractivity contribution >= 4 is 27.0 Å². The van der Waals surface area contributed by atoms with Gasteiger partial charge in [0.2, 0.25) is 10.0 Å². The van der Waals surface area contributed by atoms with Crippen molar-refractivity contribution in [2.45, 2.75) is 11.8 Å². The average Bonchev–Trinajstić information content (AvgIpc) is 2.92. The summed E-state index contributed by atoms with van der Waals surface area (Å²) in [6.45, 7) is 3.02. The van der Waals surface area contributed by atoms with Crippen LogP contribution in [0.3, 0.4) is 0 Å². The van der Waals surface area contributed by atoms with E-state index < -0.39 is 10.0 Å². The van der Waals surface area contributed by atoms with E-state index in [2.05, 4.69) is 4.72 Å². The van der Waals surface area contributed by atoms with E-state index in [-0.39, 0.29) is 4.90 Å². The summed E-state index contributed by atoms with van der Waals surface area (Å²) in [5.41, 5.74) is 0.712. The van der Waals surface area contributed by atoms with E-state index in [1.165, 1.54) is 11.3 Å². The molecule has 0 saturated carbocycles. The second-order valence-corrected chi connectivity index (χ2v) is 6.87. The number of benzene rings is 1. The van der Waals surface area contributed by atoms with Gasteiger partial charge in [-0.05, 0) is 30.5 Å². The zero-order chi connectivity index (χ0) is 14.2. The minimum Gasteiger partial charge on any atom is -0.456 e. The van der Waals surface area contributed by atoms with Gasteiger partial charge in [0.15, 0.2) is 0 Å². The number of nitrogens with zero attached hydrogens (tertiary/aromatic N) is 1. The molecule has 0 amide bonds. The number of fused-ring (bicyclic) bond motifs is 1. The molecule has 20 heavy (non-hydrogen) atoms. The van der Waals surface area contributed by atoms with Crippen molar-refractivity contribution in [3.05, 3.63) is 35.0 Å². The maximum atomic E-state index is 12.1. The maximum absolute atomic E-state index is 12.1. The van der Waals surface area contributed by atoms with E-state index in [4.69, 9.17) is 4.74 Å². The number of thiophene rings is 1. The molecule has 1 N–H and O–H groups in total. The second-order valence-electron chi connectivity index (χ2n) is 4.35. The Balaban J connectivity index is 2.02. The topological polar surface area (TPSA) is 58.6 Å². The quantitative estimate of drug-likeness (QED) is 0.947. The predicted octanol–water partition coefficient (Wildman–Crippen LogP) is 2.62. The van der Waals surface area contributed by atoms with Gasteiger partial charge in [0, 0.05) is 18.0 Å². The first kappa shape index (κ1) is 13.4. The van der Waals surface area contributed by atoms with Gasteiger partial charge in [0.1, 0.15) is 16.4 Å². The van der Waals surface area contributed by atoms with Gasteiger partial charge >= 0.3 is 0 Å². The van der Waals surface area contributed by atoms with Crippen molar-refractivity contribution in [3.63, 3.8) is 0 Å². The first-order valence-electron chi connectivity index (χ1n) is 6.19. The van der Waals surface area contributed by atoms with E-state index in [0.29, 0.717) is 23.9 Å². The van der Waals surface area contributed by atoms with Gasteiger partial charge in [-0.25, -0.2) is 8.42 Å². The molecule has 0 atom stereocenters. The van der Waals surface area contributed by atoms with E-state index in [9.17, 15) is 8.42 Å². The zero-order valence-corrected chi connectivity index (χ0v) is 12.5. The summed E-state index contributed by atoms with van der Waals surface area (Å²) in [5.74, 6) is 1.23. The Morgan fingerprint density at radius 3 is 2.90 bits per heavy atom.